The number of ether oxygens (including phenoxy) is 4. The Morgan fingerprint density at radius 2 is 0.943 bits per heavy atom. The van der Waals surface area contributed by atoms with E-state index >= 15 is 0 Å². The van der Waals surface area contributed by atoms with E-state index in [0.29, 0.717) is 25.7 Å². The number of methoxy groups -OCH3 is 2. The molecule has 6 heterocycles. The molecule has 4 aliphatic heterocycles. The number of rotatable bonds is 11. The lowest BCUT2D eigenvalue weighted by Crippen LogP contribution is -2.55. The lowest BCUT2D eigenvalue weighted by Gasteiger charge is -2.39. The van der Waals surface area contributed by atoms with Gasteiger partial charge in [-0.2, -0.15) is 0 Å². The Kier molecular flexibility index (Phi) is 14.3. The molecule has 4 unspecified atom stereocenters. The van der Waals surface area contributed by atoms with Crippen molar-refractivity contribution >= 4 is 34.8 Å². The van der Waals surface area contributed by atoms with Crippen LogP contribution >= 0.6 is 0 Å². The summed E-state index contributed by atoms with van der Waals surface area (Å²) in [6.07, 6.45) is 8.14. The van der Waals surface area contributed by atoms with Crippen molar-refractivity contribution in [1.29, 1.82) is 0 Å². The van der Waals surface area contributed by atoms with Crippen LogP contribution in [0.2, 0.25) is 0 Å². The van der Waals surface area contributed by atoms with E-state index in [1.165, 1.54) is 14.2 Å². The van der Waals surface area contributed by atoms with Gasteiger partial charge in [0.05, 0.1) is 74.5 Å². The first-order chi connectivity index (χ1) is 33.7. The van der Waals surface area contributed by atoms with Crippen molar-refractivity contribution in [1.82, 2.24) is 40.4 Å². The van der Waals surface area contributed by atoms with Gasteiger partial charge in [0, 0.05) is 17.6 Å². The van der Waals surface area contributed by atoms with Crippen LogP contribution in [0.15, 0.2) is 73.1 Å². The highest BCUT2D eigenvalue weighted by atomic mass is 16.5. The predicted molar refractivity (Wildman–Crippen MR) is 265 cm³/mol. The van der Waals surface area contributed by atoms with Gasteiger partial charge in [-0.15, -0.1) is 0 Å². The topological polar surface area (TPSA) is 193 Å². The quantitative estimate of drug-likeness (QED) is 0.0992. The Morgan fingerprint density at radius 3 is 1.39 bits per heavy atom. The number of aromatic amines is 2. The molecule has 4 fully saturated rings. The Labute approximate surface area is 410 Å². The van der Waals surface area contributed by atoms with E-state index in [1.807, 2.05) is 49.9 Å². The second-order valence-corrected chi connectivity index (χ2v) is 20.3. The van der Waals surface area contributed by atoms with Crippen LogP contribution in [-0.2, 0) is 28.5 Å². The normalized spacial score (nSPS) is 27.8. The van der Waals surface area contributed by atoms with E-state index in [4.69, 9.17) is 28.9 Å². The van der Waals surface area contributed by atoms with Gasteiger partial charge in [0.2, 0.25) is 11.8 Å². The van der Waals surface area contributed by atoms with E-state index in [-0.39, 0.29) is 72.2 Å². The number of aromatic nitrogens is 4. The third-order valence-electron chi connectivity index (χ3n) is 15.2. The fourth-order valence-corrected chi connectivity index (χ4v) is 11.9. The standard InChI is InChI=1S/C54H68N8O8/c1-29-9-19-45(61(29)51(63)47(59-53(65)67-7)41-21-31(3)69-32(4)22-41)49-55-27-43(57-49)36-13-11-35(12-14-36)37-15-16-39-26-40(18-17-38(39)25-37)44-28-56-50(58-44)46-20-10-30(2)62(46)52(64)48(60-54(66)68-8)42-23-33(5)70-34(6)24-42/h11-18,25-34,41-42,45-48H,9-10,19-24H2,1-8H3,(H,55,57)(H,56,58)(H,59,65)(H,60,66)/t29-,30-,31-,32+,33-,34+,41?,42?,45-,46-,47?,48?/m0/s1. The number of carbonyl (C=O) groups excluding carboxylic acids is 4. The molecule has 372 valence electrons. The molecule has 2 aromatic heterocycles. The molecule has 4 N–H and O–H groups in total. The summed E-state index contributed by atoms with van der Waals surface area (Å²) < 4.78 is 21.9. The number of likely N-dealkylation sites (tertiary alicyclic amines) is 2. The first-order valence-corrected chi connectivity index (χ1v) is 25.1. The van der Waals surface area contributed by atoms with Crippen molar-refractivity contribution in [3.05, 3.63) is 84.7 Å². The van der Waals surface area contributed by atoms with Crippen LogP contribution < -0.4 is 10.6 Å². The highest BCUT2D eigenvalue weighted by Crippen LogP contribution is 2.41. The van der Waals surface area contributed by atoms with Crippen LogP contribution in [-0.4, -0.2) is 117 Å². The molecule has 5 aromatic rings. The number of alkyl carbamates (subject to hydrolysis) is 2. The summed E-state index contributed by atoms with van der Waals surface area (Å²) in [7, 11) is 2.64. The van der Waals surface area contributed by atoms with Crippen molar-refractivity contribution in [2.45, 2.75) is 154 Å². The maximum atomic E-state index is 14.5. The van der Waals surface area contributed by atoms with Crippen molar-refractivity contribution in [3.8, 4) is 33.6 Å². The van der Waals surface area contributed by atoms with Crippen LogP contribution in [0.25, 0.3) is 44.4 Å². The molecule has 4 aliphatic rings. The van der Waals surface area contributed by atoms with Gasteiger partial charge in [-0.25, -0.2) is 19.6 Å². The molecular formula is C54H68N8O8. The van der Waals surface area contributed by atoms with Gasteiger partial charge < -0.3 is 49.3 Å². The summed E-state index contributed by atoms with van der Waals surface area (Å²) in [5.74, 6) is 1.03. The molecule has 3 aromatic carbocycles. The highest BCUT2D eigenvalue weighted by Gasteiger charge is 2.46. The molecular weight excluding hydrogens is 889 g/mol. The smallest absolute Gasteiger partial charge is 0.407 e. The summed E-state index contributed by atoms with van der Waals surface area (Å²) in [6.45, 7) is 12.2. The second kappa shape index (κ2) is 20.6. The zero-order valence-electron chi connectivity index (χ0n) is 41.6. The minimum Gasteiger partial charge on any atom is -0.453 e. The fraction of sp³-hybridized carbons (Fsp3) is 0.519. The summed E-state index contributed by atoms with van der Waals surface area (Å²) in [5, 5.41) is 7.95. The van der Waals surface area contributed by atoms with Gasteiger partial charge in [0.15, 0.2) is 0 Å². The van der Waals surface area contributed by atoms with E-state index in [0.717, 1.165) is 81.7 Å². The average molecular weight is 957 g/mol. The number of amides is 4. The number of carbonyl (C=O) groups is 4. The number of fused-ring (bicyclic) bond motifs is 1. The predicted octanol–water partition coefficient (Wildman–Crippen LogP) is 9.25. The molecule has 12 atom stereocenters. The third kappa shape index (κ3) is 10.2. The first kappa shape index (κ1) is 48.8. The summed E-state index contributed by atoms with van der Waals surface area (Å²) >= 11 is 0. The lowest BCUT2D eigenvalue weighted by atomic mass is 9.85. The molecule has 0 radical (unpaired) electrons. The maximum absolute atomic E-state index is 14.5. The Morgan fingerprint density at radius 1 is 0.557 bits per heavy atom. The number of nitrogens with one attached hydrogen (secondary N) is 4. The zero-order valence-corrected chi connectivity index (χ0v) is 41.6. The number of benzene rings is 3. The van der Waals surface area contributed by atoms with E-state index in [9.17, 15) is 19.2 Å². The van der Waals surface area contributed by atoms with Gasteiger partial charge in [0.1, 0.15) is 23.7 Å². The monoisotopic (exact) mass is 957 g/mol. The minimum absolute atomic E-state index is 0.0238. The van der Waals surface area contributed by atoms with Crippen LogP contribution in [0.5, 0.6) is 0 Å². The van der Waals surface area contributed by atoms with Gasteiger partial charge in [0.25, 0.3) is 0 Å². The molecule has 9 rings (SSSR count). The van der Waals surface area contributed by atoms with Crippen molar-refractivity contribution in [2.24, 2.45) is 11.8 Å². The summed E-state index contributed by atoms with van der Waals surface area (Å²) in [6, 6.07) is 19.2. The van der Waals surface area contributed by atoms with Gasteiger partial charge >= 0.3 is 12.2 Å². The maximum Gasteiger partial charge on any atom is 0.407 e. The van der Waals surface area contributed by atoms with Gasteiger partial charge in [-0.3, -0.25) is 9.59 Å². The van der Waals surface area contributed by atoms with Gasteiger partial charge in [-0.1, -0.05) is 48.5 Å². The largest absolute Gasteiger partial charge is 0.453 e. The van der Waals surface area contributed by atoms with Crippen molar-refractivity contribution in [2.75, 3.05) is 14.2 Å². The minimum atomic E-state index is -0.737. The SMILES string of the molecule is COC(=O)NC(C(=O)N1[C@@H](C)CC[C@H]1c1ncc(-c2ccc(-c3ccc4cc(-c5cnc([C@@H]6CC[C@H](C)N6C(=O)C(NC(=O)OC)C6C[C@@H](C)O[C@@H](C)C6)[nH]5)ccc4c3)cc2)[nH]1)C1C[C@@H](C)O[C@@H](C)C1. The Balaban J connectivity index is 0.878. The summed E-state index contributed by atoms with van der Waals surface area (Å²) in [4.78, 5) is 74.5. The van der Waals surface area contributed by atoms with E-state index in [1.54, 1.807) is 0 Å². The van der Waals surface area contributed by atoms with Crippen molar-refractivity contribution in [3.63, 3.8) is 0 Å². The molecule has 4 amide bonds. The highest BCUT2D eigenvalue weighted by molar-refractivity contribution is 5.91. The second-order valence-electron chi connectivity index (χ2n) is 20.3. The number of hydrogen-bond acceptors (Lipinski definition) is 10. The Bertz CT molecular complexity index is 2660. The molecule has 0 aliphatic carbocycles. The molecule has 4 saturated heterocycles. The van der Waals surface area contributed by atoms with Crippen LogP contribution in [0.1, 0.15) is 117 Å². The fourth-order valence-electron chi connectivity index (χ4n) is 11.9. The van der Waals surface area contributed by atoms with Crippen LogP contribution in [0, 0.1) is 11.8 Å². The van der Waals surface area contributed by atoms with E-state index in [2.05, 4.69) is 95.1 Å². The molecule has 16 heteroatoms. The van der Waals surface area contributed by atoms with E-state index < -0.39 is 24.3 Å². The molecule has 16 nitrogen and oxygen atoms in total. The average Bonchev–Trinajstić information content (AvgIpc) is 4.18. The number of nitrogens with zero attached hydrogens (tertiary/aromatic N) is 4. The van der Waals surface area contributed by atoms with Crippen LogP contribution in [0.3, 0.4) is 0 Å². The van der Waals surface area contributed by atoms with Gasteiger partial charge in [-0.05, 0) is 144 Å². The number of imidazole rings is 2. The molecule has 0 saturated carbocycles. The zero-order chi connectivity index (χ0) is 49.4. The molecule has 0 spiro atoms. The van der Waals surface area contributed by atoms with Crippen molar-refractivity contribution < 1.29 is 38.1 Å². The number of hydrogen-bond donors (Lipinski definition) is 4. The summed E-state index contributed by atoms with van der Waals surface area (Å²) in [5.41, 5.74) is 5.85. The lowest BCUT2D eigenvalue weighted by molar-refractivity contribution is -0.141. The molecule has 70 heavy (non-hydrogen) atoms. The number of H-pyrrole nitrogens is 2. The third-order valence-corrected chi connectivity index (χ3v) is 15.2. The Hall–Kier alpha value is -6.26. The van der Waals surface area contributed by atoms with Crippen LogP contribution in [0.4, 0.5) is 9.59 Å². The molecule has 0 bridgehead atoms. The first-order valence-electron chi connectivity index (χ1n) is 25.1.